The third-order valence-corrected chi connectivity index (χ3v) is 2.00. The molecule has 1 amide bonds. The zero-order chi connectivity index (χ0) is 11.4. The maximum atomic E-state index is 11.6. The summed E-state index contributed by atoms with van der Waals surface area (Å²) in [6.45, 7) is 5.22. The molecular weight excluding hydrogens is 178 g/mol. The first kappa shape index (κ1) is 13.4. The molecule has 0 spiro atoms. The molecule has 0 bridgehead atoms. The maximum absolute atomic E-state index is 11.6. The van der Waals surface area contributed by atoms with Gasteiger partial charge in [-0.3, -0.25) is 4.79 Å². The summed E-state index contributed by atoms with van der Waals surface area (Å²) in [6, 6.07) is 0. The van der Waals surface area contributed by atoms with Crippen LogP contribution in [-0.2, 0) is 4.79 Å². The Bertz CT molecular complexity index is 184. The van der Waals surface area contributed by atoms with Crippen LogP contribution in [0.2, 0.25) is 0 Å². The number of likely N-dealkylation sites (N-methyl/N-ethyl adjacent to an activating group) is 1. The summed E-state index contributed by atoms with van der Waals surface area (Å²) in [5.74, 6) is -0.00347. The summed E-state index contributed by atoms with van der Waals surface area (Å²) >= 11 is 0. The molecule has 0 aromatic carbocycles. The molecule has 2 N–H and O–H groups in total. The van der Waals surface area contributed by atoms with Crippen LogP contribution in [0.4, 0.5) is 0 Å². The molecule has 0 rings (SSSR count). The Morgan fingerprint density at radius 1 is 1.21 bits per heavy atom. The topological polar surface area (TPSA) is 49.6 Å². The molecule has 0 radical (unpaired) electrons. The average Bonchev–Trinajstić information content (AvgIpc) is 2.00. The Labute approximate surface area is 87.0 Å². The number of hydrogen-bond acceptors (Lipinski definition) is 3. The fourth-order valence-corrected chi connectivity index (χ4v) is 1.22. The van der Waals surface area contributed by atoms with Crippen LogP contribution < -0.4 is 5.73 Å². The summed E-state index contributed by atoms with van der Waals surface area (Å²) in [5.41, 5.74) is 4.95. The van der Waals surface area contributed by atoms with E-state index >= 15 is 0 Å². The van der Waals surface area contributed by atoms with Crippen molar-refractivity contribution >= 4 is 5.91 Å². The highest BCUT2D eigenvalue weighted by Crippen LogP contribution is 2.02. The van der Waals surface area contributed by atoms with E-state index in [0.717, 1.165) is 19.5 Å². The summed E-state index contributed by atoms with van der Waals surface area (Å²) in [6.07, 6.45) is 0.978. The van der Waals surface area contributed by atoms with E-state index in [1.165, 1.54) is 0 Å². The quantitative estimate of drug-likeness (QED) is 0.688. The summed E-state index contributed by atoms with van der Waals surface area (Å²) in [7, 11) is 5.84. The van der Waals surface area contributed by atoms with Gasteiger partial charge in [-0.05, 0) is 40.9 Å². The van der Waals surface area contributed by atoms with Gasteiger partial charge in [0.2, 0.25) is 5.91 Å². The Hall–Kier alpha value is -0.610. The smallest absolute Gasteiger partial charge is 0.241 e. The molecule has 0 fully saturated rings. The first-order chi connectivity index (χ1) is 6.25. The van der Waals surface area contributed by atoms with E-state index in [2.05, 4.69) is 4.90 Å². The minimum Gasteiger partial charge on any atom is -0.344 e. The van der Waals surface area contributed by atoms with E-state index in [-0.39, 0.29) is 5.91 Å². The molecule has 0 saturated carbocycles. The number of hydrogen-bond donors (Lipinski definition) is 1. The van der Waals surface area contributed by atoms with Crippen LogP contribution in [0, 0.1) is 0 Å². The molecule has 0 saturated heterocycles. The minimum atomic E-state index is -0.757. The molecule has 4 heteroatoms. The highest BCUT2D eigenvalue weighted by atomic mass is 16.2. The fourth-order valence-electron chi connectivity index (χ4n) is 1.22. The highest BCUT2D eigenvalue weighted by molar-refractivity contribution is 5.84. The molecule has 0 aliphatic rings. The summed E-state index contributed by atoms with van der Waals surface area (Å²) in [4.78, 5) is 15.4. The predicted molar refractivity (Wildman–Crippen MR) is 59.1 cm³/mol. The number of nitrogens with two attached hydrogens (primary N) is 1. The van der Waals surface area contributed by atoms with E-state index in [9.17, 15) is 4.79 Å². The monoisotopic (exact) mass is 201 g/mol. The number of carbonyl (C=O) groups excluding carboxylic acids is 1. The lowest BCUT2D eigenvalue weighted by molar-refractivity contribution is -0.134. The van der Waals surface area contributed by atoms with Crippen LogP contribution >= 0.6 is 0 Å². The first-order valence-electron chi connectivity index (χ1n) is 4.94. The van der Waals surface area contributed by atoms with Crippen LogP contribution in [0.3, 0.4) is 0 Å². The van der Waals surface area contributed by atoms with Crippen molar-refractivity contribution in [1.82, 2.24) is 9.80 Å². The van der Waals surface area contributed by atoms with E-state index < -0.39 is 5.54 Å². The zero-order valence-electron chi connectivity index (χ0n) is 10.0. The standard InChI is InChI=1S/C10H23N3O/c1-10(2,11)9(14)13(5)8-6-7-12(3)4/h6-8,11H2,1-5H3. The normalized spacial score (nSPS) is 11.9. The van der Waals surface area contributed by atoms with Gasteiger partial charge in [-0.2, -0.15) is 0 Å². The molecule has 4 nitrogen and oxygen atoms in total. The van der Waals surface area contributed by atoms with Gasteiger partial charge in [0.15, 0.2) is 0 Å². The van der Waals surface area contributed by atoms with Gasteiger partial charge in [0, 0.05) is 13.6 Å². The second-order valence-electron chi connectivity index (χ2n) is 4.61. The van der Waals surface area contributed by atoms with Gasteiger partial charge >= 0.3 is 0 Å². The van der Waals surface area contributed by atoms with Gasteiger partial charge in [0.1, 0.15) is 0 Å². The molecule has 0 heterocycles. The van der Waals surface area contributed by atoms with Crippen molar-refractivity contribution in [3.63, 3.8) is 0 Å². The Balaban J connectivity index is 3.86. The molecule has 84 valence electrons. The second kappa shape index (κ2) is 5.32. The van der Waals surface area contributed by atoms with Gasteiger partial charge in [-0.15, -0.1) is 0 Å². The molecule has 0 aliphatic heterocycles. The molecule has 0 aliphatic carbocycles. The first-order valence-corrected chi connectivity index (χ1v) is 4.94. The van der Waals surface area contributed by atoms with Gasteiger partial charge in [0.05, 0.1) is 5.54 Å². The zero-order valence-corrected chi connectivity index (χ0v) is 10.0. The van der Waals surface area contributed by atoms with Crippen molar-refractivity contribution in [3.8, 4) is 0 Å². The molecule has 0 unspecified atom stereocenters. The third-order valence-electron chi connectivity index (χ3n) is 2.00. The van der Waals surface area contributed by atoms with Crippen molar-refractivity contribution < 1.29 is 4.79 Å². The van der Waals surface area contributed by atoms with Gasteiger partial charge < -0.3 is 15.5 Å². The van der Waals surface area contributed by atoms with Gasteiger partial charge in [-0.25, -0.2) is 0 Å². The van der Waals surface area contributed by atoms with E-state index in [0.29, 0.717) is 0 Å². The second-order valence-corrected chi connectivity index (χ2v) is 4.61. The van der Waals surface area contributed by atoms with Crippen LogP contribution in [0.5, 0.6) is 0 Å². The van der Waals surface area contributed by atoms with Crippen molar-refractivity contribution in [2.75, 3.05) is 34.2 Å². The number of carbonyl (C=O) groups is 1. The van der Waals surface area contributed by atoms with E-state index in [1.54, 1.807) is 25.8 Å². The van der Waals surface area contributed by atoms with Gasteiger partial charge in [0.25, 0.3) is 0 Å². The van der Waals surface area contributed by atoms with Gasteiger partial charge in [-0.1, -0.05) is 0 Å². The molecule has 0 atom stereocenters. The van der Waals surface area contributed by atoms with Crippen molar-refractivity contribution in [3.05, 3.63) is 0 Å². The number of nitrogens with zero attached hydrogens (tertiary/aromatic N) is 2. The van der Waals surface area contributed by atoms with Crippen LogP contribution in [0.25, 0.3) is 0 Å². The molecule has 0 aromatic heterocycles. The number of rotatable bonds is 5. The lowest BCUT2D eigenvalue weighted by atomic mass is 10.1. The Morgan fingerprint density at radius 3 is 2.07 bits per heavy atom. The highest BCUT2D eigenvalue weighted by Gasteiger charge is 2.24. The molecule has 0 aromatic rings. The average molecular weight is 201 g/mol. The Kier molecular flexibility index (Phi) is 5.08. The largest absolute Gasteiger partial charge is 0.344 e. The Morgan fingerprint density at radius 2 is 1.71 bits per heavy atom. The third kappa shape index (κ3) is 5.19. The molecule has 14 heavy (non-hydrogen) atoms. The lowest BCUT2D eigenvalue weighted by Gasteiger charge is -2.26. The number of amides is 1. The van der Waals surface area contributed by atoms with Crippen molar-refractivity contribution in [1.29, 1.82) is 0 Å². The van der Waals surface area contributed by atoms with Crippen LogP contribution in [0.1, 0.15) is 20.3 Å². The van der Waals surface area contributed by atoms with Crippen molar-refractivity contribution in [2.24, 2.45) is 5.73 Å². The summed E-state index contributed by atoms with van der Waals surface area (Å²) in [5, 5.41) is 0. The van der Waals surface area contributed by atoms with E-state index in [1.807, 2.05) is 14.1 Å². The van der Waals surface area contributed by atoms with E-state index in [4.69, 9.17) is 5.73 Å². The maximum Gasteiger partial charge on any atom is 0.241 e. The fraction of sp³-hybridized carbons (Fsp3) is 0.900. The molecular formula is C10H23N3O. The summed E-state index contributed by atoms with van der Waals surface area (Å²) < 4.78 is 0. The predicted octanol–water partition coefficient (Wildman–Crippen LogP) is 0.134. The minimum absolute atomic E-state index is 0.00347. The van der Waals surface area contributed by atoms with Crippen LogP contribution in [-0.4, -0.2) is 55.5 Å². The SMILES string of the molecule is CN(C)CCCN(C)C(=O)C(C)(C)N. The van der Waals surface area contributed by atoms with Crippen molar-refractivity contribution in [2.45, 2.75) is 25.8 Å². The lowest BCUT2D eigenvalue weighted by Crippen LogP contribution is -2.50. The van der Waals surface area contributed by atoms with Crippen LogP contribution in [0.15, 0.2) is 0 Å².